The molecule has 20 heavy (non-hydrogen) atoms. The van der Waals surface area contributed by atoms with Crippen molar-refractivity contribution < 1.29 is 18.1 Å². The van der Waals surface area contributed by atoms with Crippen LogP contribution in [0.3, 0.4) is 0 Å². The van der Waals surface area contributed by atoms with E-state index in [0.29, 0.717) is 5.69 Å². The molecule has 0 aliphatic rings. The summed E-state index contributed by atoms with van der Waals surface area (Å²) < 4.78 is 31.3. The number of hydrogen-bond acceptors (Lipinski definition) is 4. The average molecular weight is 281 g/mol. The maximum absolute atomic E-state index is 13.4. The largest absolute Gasteiger partial charge is 0.338 e. The van der Waals surface area contributed by atoms with E-state index in [9.17, 15) is 13.6 Å². The highest BCUT2D eigenvalue weighted by Gasteiger charge is 2.21. The molecular weight excluding hydrogens is 268 g/mol. The van der Waals surface area contributed by atoms with Gasteiger partial charge in [-0.15, -0.1) is 0 Å². The van der Waals surface area contributed by atoms with E-state index in [-0.39, 0.29) is 11.3 Å². The van der Waals surface area contributed by atoms with E-state index in [1.807, 2.05) is 20.8 Å². The summed E-state index contributed by atoms with van der Waals surface area (Å²) in [6, 6.07) is 2.61. The molecule has 0 fully saturated rings. The molecular formula is C13H13F2N3O2. The van der Waals surface area contributed by atoms with E-state index in [4.69, 9.17) is 4.52 Å². The number of hydrogen-bond donors (Lipinski definition) is 1. The summed E-state index contributed by atoms with van der Waals surface area (Å²) in [5, 5.41) is 6.12. The van der Waals surface area contributed by atoms with Gasteiger partial charge in [-0.25, -0.2) is 9.37 Å². The number of rotatable bonds is 2. The smallest absolute Gasteiger partial charge is 0.261 e. The quantitative estimate of drug-likeness (QED) is 0.859. The predicted octanol–water partition coefficient (Wildman–Crippen LogP) is 2.90. The van der Waals surface area contributed by atoms with Gasteiger partial charge in [-0.3, -0.25) is 10.1 Å². The molecule has 2 aromatic rings. The van der Waals surface area contributed by atoms with Gasteiger partial charge in [0, 0.05) is 17.7 Å². The van der Waals surface area contributed by atoms with Gasteiger partial charge in [-0.05, 0) is 6.07 Å². The van der Waals surface area contributed by atoms with Gasteiger partial charge in [0.25, 0.3) is 5.91 Å². The molecule has 5 nitrogen and oxygen atoms in total. The van der Waals surface area contributed by atoms with E-state index < -0.39 is 23.2 Å². The van der Waals surface area contributed by atoms with Crippen LogP contribution in [0.25, 0.3) is 0 Å². The second-order valence-corrected chi connectivity index (χ2v) is 5.24. The Hall–Kier alpha value is -2.31. The minimum atomic E-state index is -1.33. The summed E-state index contributed by atoms with van der Waals surface area (Å²) >= 11 is 0. The third-order valence-electron chi connectivity index (χ3n) is 2.61. The summed E-state index contributed by atoms with van der Waals surface area (Å²) in [5.41, 5.74) is -0.0686. The summed E-state index contributed by atoms with van der Waals surface area (Å²) in [6.45, 7) is 5.77. The van der Waals surface area contributed by atoms with Crippen molar-refractivity contribution in [3.8, 4) is 0 Å². The highest BCUT2D eigenvalue weighted by Crippen LogP contribution is 2.24. The molecule has 0 aliphatic heterocycles. The molecule has 1 N–H and O–H groups in total. The van der Waals surface area contributed by atoms with Crippen molar-refractivity contribution in [1.29, 1.82) is 0 Å². The molecule has 2 rings (SSSR count). The fourth-order valence-corrected chi connectivity index (χ4v) is 1.46. The first-order valence-corrected chi connectivity index (χ1v) is 5.87. The van der Waals surface area contributed by atoms with E-state index in [2.05, 4.69) is 15.5 Å². The number of pyridine rings is 1. The molecule has 0 aromatic carbocycles. The van der Waals surface area contributed by atoms with Crippen molar-refractivity contribution in [2.45, 2.75) is 26.2 Å². The van der Waals surface area contributed by atoms with Crippen LogP contribution in [0.4, 0.5) is 14.7 Å². The van der Waals surface area contributed by atoms with Gasteiger partial charge < -0.3 is 4.52 Å². The normalized spacial score (nSPS) is 11.4. The van der Waals surface area contributed by atoms with Crippen molar-refractivity contribution in [1.82, 2.24) is 10.1 Å². The van der Waals surface area contributed by atoms with Gasteiger partial charge in [0.05, 0.1) is 11.3 Å². The topological polar surface area (TPSA) is 68.0 Å². The summed E-state index contributed by atoms with van der Waals surface area (Å²) in [6.07, 6.45) is 1.01. The lowest BCUT2D eigenvalue weighted by molar-refractivity contribution is 0.101. The molecule has 1 amide bonds. The van der Waals surface area contributed by atoms with Crippen molar-refractivity contribution in [3.05, 3.63) is 41.4 Å². The SMILES string of the molecule is CC(C)(C)c1cc(NC(=O)c2ccnc(F)c2F)on1. The van der Waals surface area contributed by atoms with Gasteiger partial charge in [-0.1, -0.05) is 25.9 Å². The Morgan fingerprint density at radius 3 is 2.65 bits per heavy atom. The zero-order valence-corrected chi connectivity index (χ0v) is 11.2. The van der Waals surface area contributed by atoms with Crippen LogP contribution >= 0.6 is 0 Å². The Bertz CT molecular complexity index is 647. The molecule has 0 atom stereocenters. The molecule has 0 spiro atoms. The molecule has 0 saturated carbocycles. The van der Waals surface area contributed by atoms with Crippen molar-refractivity contribution in [2.75, 3.05) is 5.32 Å². The Morgan fingerprint density at radius 1 is 1.35 bits per heavy atom. The fraction of sp³-hybridized carbons (Fsp3) is 0.308. The number of halogens is 2. The molecule has 0 saturated heterocycles. The minimum absolute atomic E-state index is 0.0662. The molecule has 106 valence electrons. The Labute approximate surface area is 114 Å². The van der Waals surface area contributed by atoms with Crippen LogP contribution in [0.15, 0.2) is 22.9 Å². The molecule has 2 heterocycles. The van der Waals surface area contributed by atoms with Crippen molar-refractivity contribution in [3.63, 3.8) is 0 Å². The van der Waals surface area contributed by atoms with Crippen molar-refractivity contribution in [2.24, 2.45) is 0 Å². The lowest BCUT2D eigenvalue weighted by atomic mass is 9.92. The van der Waals surface area contributed by atoms with E-state index in [1.54, 1.807) is 0 Å². The molecule has 2 aromatic heterocycles. The molecule has 0 unspecified atom stereocenters. The van der Waals surface area contributed by atoms with Gasteiger partial charge in [0.1, 0.15) is 0 Å². The van der Waals surface area contributed by atoms with Gasteiger partial charge in [0.2, 0.25) is 11.8 Å². The van der Waals surface area contributed by atoms with Gasteiger partial charge >= 0.3 is 0 Å². The van der Waals surface area contributed by atoms with Crippen LogP contribution < -0.4 is 5.32 Å². The first-order chi connectivity index (χ1) is 9.29. The number of amides is 1. The monoisotopic (exact) mass is 281 g/mol. The maximum atomic E-state index is 13.4. The maximum Gasteiger partial charge on any atom is 0.261 e. The lowest BCUT2D eigenvalue weighted by Gasteiger charge is -2.12. The molecule has 7 heteroatoms. The Kier molecular flexibility index (Phi) is 3.52. The lowest BCUT2D eigenvalue weighted by Crippen LogP contribution is -2.15. The Morgan fingerprint density at radius 2 is 2.05 bits per heavy atom. The average Bonchev–Trinajstić information content (AvgIpc) is 2.81. The highest BCUT2D eigenvalue weighted by molar-refractivity contribution is 6.03. The summed E-state index contributed by atoms with van der Waals surface area (Å²) in [7, 11) is 0. The van der Waals surface area contributed by atoms with E-state index in [0.717, 1.165) is 12.3 Å². The molecule has 0 radical (unpaired) electrons. The van der Waals surface area contributed by atoms with Crippen LogP contribution in [0.2, 0.25) is 0 Å². The first-order valence-electron chi connectivity index (χ1n) is 5.87. The molecule has 0 aliphatic carbocycles. The number of anilines is 1. The van der Waals surface area contributed by atoms with E-state index in [1.165, 1.54) is 6.07 Å². The second kappa shape index (κ2) is 4.99. The Balaban J connectivity index is 2.20. The summed E-state index contributed by atoms with van der Waals surface area (Å²) in [5.74, 6) is -3.40. The number of nitrogens with one attached hydrogen (secondary N) is 1. The summed E-state index contributed by atoms with van der Waals surface area (Å²) in [4.78, 5) is 14.9. The zero-order chi connectivity index (χ0) is 14.9. The zero-order valence-electron chi connectivity index (χ0n) is 11.2. The van der Waals surface area contributed by atoms with Crippen LogP contribution in [0, 0.1) is 11.8 Å². The number of carbonyl (C=O) groups is 1. The third-order valence-corrected chi connectivity index (χ3v) is 2.61. The minimum Gasteiger partial charge on any atom is -0.338 e. The number of nitrogens with zero attached hydrogens (tertiary/aromatic N) is 2. The van der Waals surface area contributed by atoms with Crippen LogP contribution in [-0.2, 0) is 5.41 Å². The third kappa shape index (κ3) is 2.81. The first kappa shape index (κ1) is 14.1. The second-order valence-electron chi connectivity index (χ2n) is 5.24. The molecule has 0 bridgehead atoms. The van der Waals surface area contributed by atoms with Crippen LogP contribution in [0.1, 0.15) is 36.8 Å². The van der Waals surface area contributed by atoms with Crippen LogP contribution in [-0.4, -0.2) is 16.0 Å². The number of aromatic nitrogens is 2. The van der Waals surface area contributed by atoms with Gasteiger partial charge in [-0.2, -0.15) is 4.39 Å². The van der Waals surface area contributed by atoms with Crippen LogP contribution in [0.5, 0.6) is 0 Å². The standard InChI is InChI=1S/C13H13F2N3O2/c1-13(2,3)8-6-9(20-18-8)17-12(19)7-4-5-16-11(15)10(7)14/h4-6H,1-3H3,(H,17,19). The number of carbonyl (C=O) groups excluding carboxylic acids is 1. The van der Waals surface area contributed by atoms with Gasteiger partial charge in [0.15, 0.2) is 5.82 Å². The highest BCUT2D eigenvalue weighted by atomic mass is 19.2. The van der Waals surface area contributed by atoms with E-state index >= 15 is 0 Å². The van der Waals surface area contributed by atoms with Crippen molar-refractivity contribution >= 4 is 11.8 Å². The fourth-order valence-electron chi connectivity index (χ4n) is 1.46. The predicted molar refractivity (Wildman–Crippen MR) is 67.3 cm³/mol.